The average molecular weight is 384 g/mol. The monoisotopic (exact) mass is 384 g/mol. The first-order valence-electron chi connectivity index (χ1n) is 7.50. The fourth-order valence-electron chi connectivity index (χ4n) is 2.00. The van der Waals surface area contributed by atoms with Gasteiger partial charge in [-0.1, -0.05) is 13.8 Å². The van der Waals surface area contributed by atoms with Gasteiger partial charge in [-0.2, -0.15) is 0 Å². The van der Waals surface area contributed by atoms with Crippen LogP contribution in [-0.2, 0) is 14.8 Å². The van der Waals surface area contributed by atoms with Crippen LogP contribution >= 0.6 is 11.3 Å². The van der Waals surface area contributed by atoms with Gasteiger partial charge < -0.3 is 15.2 Å². The smallest absolute Gasteiger partial charge is 0.349 e. The summed E-state index contributed by atoms with van der Waals surface area (Å²) in [5.74, 6) is -0.518. The van der Waals surface area contributed by atoms with E-state index in [-0.39, 0.29) is 21.2 Å². The number of carbonyl (C=O) groups excluding carboxylic acids is 1. The molecule has 0 aliphatic rings. The van der Waals surface area contributed by atoms with E-state index in [1.54, 1.807) is 6.07 Å². The van der Waals surface area contributed by atoms with Crippen LogP contribution in [0.2, 0.25) is 0 Å². The van der Waals surface area contributed by atoms with E-state index in [1.165, 1.54) is 30.7 Å². The van der Waals surface area contributed by atoms with Gasteiger partial charge in [0.05, 0.1) is 12.8 Å². The molecule has 0 radical (unpaired) electrons. The molecule has 0 aliphatic heterocycles. The van der Waals surface area contributed by atoms with Crippen molar-refractivity contribution >= 4 is 38.7 Å². The van der Waals surface area contributed by atoms with E-state index in [1.807, 2.05) is 0 Å². The van der Waals surface area contributed by atoms with Crippen LogP contribution in [0.1, 0.15) is 23.5 Å². The fourth-order valence-corrected chi connectivity index (χ4v) is 4.41. The summed E-state index contributed by atoms with van der Waals surface area (Å²) in [6, 6.07) is 5.87. The van der Waals surface area contributed by atoms with Crippen LogP contribution in [0.5, 0.6) is 5.75 Å². The Kier molecular flexibility index (Phi) is 5.91. The zero-order chi connectivity index (χ0) is 18.6. The lowest BCUT2D eigenvalue weighted by Gasteiger charge is -2.13. The average Bonchev–Trinajstić information content (AvgIpc) is 3.05. The number of hydrogen-bond donors (Lipinski definition) is 3. The molecule has 0 bridgehead atoms. The fraction of sp³-hybridized carbons (Fsp3) is 0.312. The maximum atomic E-state index is 12.5. The third kappa shape index (κ3) is 4.64. The van der Waals surface area contributed by atoms with Gasteiger partial charge in [-0.25, -0.2) is 13.2 Å². The second-order valence-electron chi connectivity index (χ2n) is 5.72. The Labute approximate surface area is 150 Å². The normalized spacial score (nSPS) is 11.4. The molecule has 0 spiro atoms. The van der Waals surface area contributed by atoms with Crippen LogP contribution in [0.4, 0.5) is 11.4 Å². The number of esters is 1. The molecule has 2 rings (SSSR count). The Hall–Kier alpha value is -2.26. The van der Waals surface area contributed by atoms with E-state index in [9.17, 15) is 18.3 Å². The largest absolute Gasteiger partial charge is 0.506 e. The summed E-state index contributed by atoms with van der Waals surface area (Å²) in [5, 5.41) is 14.7. The van der Waals surface area contributed by atoms with E-state index in [0.29, 0.717) is 11.6 Å². The summed E-state index contributed by atoms with van der Waals surface area (Å²) in [5.41, 5.74) is 0.706. The summed E-state index contributed by atoms with van der Waals surface area (Å²) < 4.78 is 31.9. The van der Waals surface area contributed by atoms with Gasteiger partial charge in [-0.15, -0.1) is 11.3 Å². The molecule has 2 aromatic rings. The molecule has 0 aliphatic carbocycles. The number of phenolic OH excluding ortho intramolecular Hbond substituents is 1. The van der Waals surface area contributed by atoms with Gasteiger partial charge in [-0.05, 0) is 29.5 Å². The highest BCUT2D eigenvalue weighted by molar-refractivity contribution is 7.93. The molecular weight excluding hydrogens is 364 g/mol. The maximum Gasteiger partial charge on any atom is 0.349 e. The molecule has 7 nitrogen and oxygen atoms in total. The zero-order valence-corrected chi connectivity index (χ0v) is 15.7. The van der Waals surface area contributed by atoms with E-state index in [4.69, 9.17) is 0 Å². The number of methoxy groups -OCH3 is 1. The van der Waals surface area contributed by atoms with Crippen LogP contribution in [0.3, 0.4) is 0 Å². The molecule has 0 unspecified atom stereocenters. The molecule has 136 valence electrons. The predicted molar refractivity (Wildman–Crippen MR) is 97.9 cm³/mol. The van der Waals surface area contributed by atoms with Crippen molar-refractivity contribution in [2.75, 3.05) is 23.7 Å². The minimum Gasteiger partial charge on any atom is -0.506 e. The lowest BCUT2D eigenvalue weighted by molar-refractivity contribution is 0.0602. The predicted octanol–water partition coefficient (Wildman–Crippen LogP) is 3.11. The summed E-state index contributed by atoms with van der Waals surface area (Å²) in [7, 11) is -2.86. The first-order valence-corrected chi connectivity index (χ1v) is 9.86. The third-order valence-corrected chi connectivity index (χ3v) is 5.68. The van der Waals surface area contributed by atoms with Crippen molar-refractivity contribution < 1.29 is 23.1 Å². The third-order valence-electron chi connectivity index (χ3n) is 3.25. The maximum absolute atomic E-state index is 12.5. The number of phenols is 1. The molecule has 3 N–H and O–H groups in total. The number of rotatable bonds is 7. The number of anilines is 2. The first-order chi connectivity index (χ1) is 11.7. The quantitative estimate of drug-likeness (QED) is 0.500. The lowest BCUT2D eigenvalue weighted by atomic mass is 10.2. The number of benzene rings is 1. The van der Waals surface area contributed by atoms with Gasteiger partial charge in [0.2, 0.25) is 0 Å². The molecule has 25 heavy (non-hydrogen) atoms. The van der Waals surface area contributed by atoms with E-state index < -0.39 is 16.0 Å². The Morgan fingerprint density at radius 1 is 1.32 bits per heavy atom. The minimum absolute atomic E-state index is 0.0234. The molecule has 9 heteroatoms. The second-order valence-corrected chi connectivity index (χ2v) is 8.28. The van der Waals surface area contributed by atoms with Gasteiger partial charge in [0.25, 0.3) is 10.0 Å². The van der Waals surface area contributed by atoms with Crippen molar-refractivity contribution in [3.05, 3.63) is 34.5 Å². The van der Waals surface area contributed by atoms with Gasteiger partial charge in [-0.3, -0.25) is 4.72 Å². The number of sulfonamides is 1. The van der Waals surface area contributed by atoms with E-state index in [0.717, 1.165) is 17.9 Å². The molecular formula is C16H20N2O5S2. The number of thiophene rings is 1. The van der Waals surface area contributed by atoms with Crippen LogP contribution in [0.15, 0.2) is 34.5 Å². The Morgan fingerprint density at radius 3 is 2.64 bits per heavy atom. The number of aromatic hydroxyl groups is 1. The number of ether oxygens (including phenoxy) is 1. The van der Waals surface area contributed by atoms with Crippen molar-refractivity contribution in [1.82, 2.24) is 0 Å². The zero-order valence-electron chi connectivity index (χ0n) is 14.1. The van der Waals surface area contributed by atoms with Crippen molar-refractivity contribution in [3.63, 3.8) is 0 Å². The van der Waals surface area contributed by atoms with Crippen LogP contribution in [0.25, 0.3) is 0 Å². The highest BCUT2D eigenvalue weighted by atomic mass is 32.2. The molecule has 1 heterocycles. The first kappa shape index (κ1) is 19.1. The standard InChI is InChI=1S/C16H20N2O5S2/c1-10(2)9-17-11-4-5-12(13(19)8-11)18-25(21,22)14-6-7-24-15(14)16(20)23-3/h4-8,10,17-19H,9H2,1-3H3. The van der Waals surface area contributed by atoms with Crippen molar-refractivity contribution in [2.24, 2.45) is 5.92 Å². The van der Waals surface area contributed by atoms with Crippen molar-refractivity contribution in [1.29, 1.82) is 0 Å². The Morgan fingerprint density at radius 2 is 2.04 bits per heavy atom. The van der Waals surface area contributed by atoms with Gasteiger partial charge in [0, 0.05) is 18.3 Å². The topological polar surface area (TPSA) is 105 Å². The van der Waals surface area contributed by atoms with Crippen molar-refractivity contribution in [3.8, 4) is 5.75 Å². The molecule has 0 fully saturated rings. The lowest BCUT2D eigenvalue weighted by Crippen LogP contribution is -2.16. The molecule has 0 amide bonds. The summed E-state index contributed by atoms with van der Waals surface area (Å²) in [6.45, 7) is 4.83. The Bertz CT molecular complexity index is 859. The summed E-state index contributed by atoms with van der Waals surface area (Å²) >= 11 is 0.969. The number of hydrogen-bond acceptors (Lipinski definition) is 7. The molecule has 1 aromatic heterocycles. The SMILES string of the molecule is COC(=O)c1sccc1S(=O)(=O)Nc1ccc(NCC(C)C)cc1O. The van der Waals surface area contributed by atoms with Crippen LogP contribution in [0, 0.1) is 5.92 Å². The minimum atomic E-state index is -4.04. The van der Waals surface area contributed by atoms with Crippen LogP contribution < -0.4 is 10.0 Å². The number of carbonyl (C=O) groups is 1. The summed E-state index contributed by atoms with van der Waals surface area (Å²) in [6.07, 6.45) is 0. The molecule has 0 atom stereocenters. The Balaban J connectivity index is 2.24. The molecule has 0 saturated carbocycles. The van der Waals surface area contributed by atoms with Crippen molar-refractivity contribution in [2.45, 2.75) is 18.7 Å². The van der Waals surface area contributed by atoms with Gasteiger partial charge in [0.15, 0.2) is 0 Å². The highest BCUT2D eigenvalue weighted by Gasteiger charge is 2.25. The molecule has 1 aromatic carbocycles. The van der Waals surface area contributed by atoms with Gasteiger partial charge >= 0.3 is 5.97 Å². The van der Waals surface area contributed by atoms with Crippen LogP contribution in [-0.4, -0.2) is 33.1 Å². The molecule has 0 saturated heterocycles. The second kappa shape index (κ2) is 7.75. The van der Waals surface area contributed by atoms with E-state index >= 15 is 0 Å². The van der Waals surface area contributed by atoms with E-state index in [2.05, 4.69) is 28.6 Å². The highest BCUT2D eigenvalue weighted by Crippen LogP contribution is 2.31. The summed E-state index contributed by atoms with van der Waals surface area (Å²) in [4.78, 5) is 11.5. The van der Waals surface area contributed by atoms with Gasteiger partial charge in [0.1, 0.15) is 15.5 Å². The number of nitrogens with one attached hydrogen (secondary N) is 2.